The lowest BCUT2D eigenvalue weighted by Gasteiger charge is -2.19. The average molecular weight is 462 g/mol. The number of esters is 1. The fraction of sp³-hybridized carbons (Fsp3) is 0.417. The Morgan fingerprint density at radius 2 is 1.91 bits per heavy atom. The Morgan fingerprint density at radius 1 is 1.16 bits per heavy atom. The Bertz CT molecular complexity index is 927. The van der Waals surface area contributed by atoms with E-state index in [1.807, 2.05) is 26.0 Å². The van der Waals surface area contributed by atoms with Gasteiger partial charge in [-0.2, -0.15) is 5.26 Å². The maximum atomic E-state index is 12.2. The second-order valence-corrected chi connectivity index (χ2v) is 7.74. The van der Waals surface area contributed by atoms with Crippen LogP contribution in [0.25, 0.3) is 0 Å². The van der Waals surface area contributed by atoms with Crippen LogP contribution in [0.3, 0.4) is 0 Å². The summed E-state index contributed by atoms with van der Waals surface area (Å²) in [5, 5.41) is 19.8. The molecule has 32 heavy (non-hydrogen) atoms. The number of carbonyl (C=O) groups excluding carboxylic acids is 1. The van der Waals surface area contributed by atoms with Crippen LogP contribution in [0.5, 0.6) is 11.5 Å². The predicted octanol–water partition coefficient (Wildman–Crippen LogP) is 3.93. The fourth-order valence-corrected chi connectivity index (χ4v) is 3.04. The van der Waals surface area contributed by atoms with Crippen molar-refractivity contribution in [2.24, 2.45) is 0 Å². The first-order valence-electron chi connectivity index (χ1n) is 10.4. The molecule has 2 rings (SSSR count). The molecule has 0 saturated carbocycles. The van der Waals surface area contributed by atoms with Crippen molar-refractivity contribution >= 4 is 17.6 Å². The molecule has 7 nitrogen and oxygen atoms in total. The molecule has 0 heterocycles. The van der Waals surface area contributed by atoms with Crippen molar-refractivity contribution < 1.29 is 28.8 Å². The van der Waals surface area contributed by atoms with E-state index in [2.05, 4.69) is 0 Å². The Hall–Kier alpha value is -2.79. The van der Waals surface area contributed by atoms with Gasteiger partial charge in [0.15, 0.2) is 6.10 Å². The minimum atomic E-state index is -0.919. The number of hydrogen-bond donors (Lipinski definition) is 1. The molecule has 8 heteroatoms. The molecule has 0 amide bonds. The maximum absolute atomic E-state index is 12.2. The van der Waals surface area contributed by atoms with Gasteiger partial charge in [0, 0.05) is 11.4 Å². The average Bonchev–Trinajstić information content (AvgIpc) is 2.76. The number of carbonyl (C=O) groups is 1. The summed E-state index contributed by atoms with van der Waals surface area (Å²) in [6.07, 6.45) is -1.41. The van der Waals surface area contributed by atoms with Gasteiger partial charge >= 0.3 is 5.97 Å². The van der Waals surface area contributed by atoms with Crippen LogP contribution in [0.1, 0.15) is 31.9 Å². The second-order valence-electron chi connectivity index (χ2n) is 7.31. The molecule has 0 radical (unpaired) electrons. The first-order chi connectivity index (χ1) is 15.3. The number of aliphatic hydroxyl groups is 1. The standard InChI is InChI=1S/C24H28ClNO6/c1-4-29-24(28)23(32-16(2)3)11-17-6-5-7-21(10-17)30-14-20(27)15-31-22-9-8-19(25)12-18(22)13-26/h5-10,12,16,20,23,27H,4,11,14-15H2,1-3H3/t20-,23-/m1/s1. The van der Waals surface area contributed by atoms with E-state index in [9.17, 15) is 9.90 Å². The zero-order valence-electron chi connectivity index (χ0n) is 18.4. The van der Waals surface area contributed by atoms with Crippen molar-refractivity contribution in [3.63, 3.8) is 0 Å². The van der Waals surface area contributed by atoms with E-state index in [4.69, 9.17) is 35.8 Å². The Labute approximate surface area is 193 Å². The summed E-state index contributed by atoms with van der Waals surface area (Å²) in [7, 11) is 0. The number of nitriles is 1. The minimum absolute atomic E-state index is 0.0112. The van der Waals surface area contributed by atoms with Crippen LogP contribution in [0.15, 0.2) is 42.5 Å². The monoisotopic (exact) mass is 461 g/mol. The highest BCUT2D eigenvalue weighted by molar-refractivity contribution is 6.30. The lowest BCUT2D eigenvalue weighted by Crippen LogP contribution is -2.31. The van der Waals surface area contributed by atoms with Gasteiger partial charge in [-0.3, -0.25) is 0 Å². The van der Waals surface area contributed by atoms with Crippen molar-refractivity contribution in [2.45, 2.75) is 45.5 Å². The minimum Gasteiger partial charge on any atom is -0.491 e. The lowest BCUT2D eigenvalue weighted by molar-refractivity contribution is -0.159. The molecule has 0 aliphatic carbocycles. The summed E-state index contributed by atoms with van der Waals surface area (Å²) in [6.45, 7) is 5.69. The Balaban J connectivity index is 1.91. The molecule has 0 spiro atoms. The van der Waals surface area contributed by atoms with E-state index in [0.717, 1.165) is 5.56 Å². The molecule has 172 valence electrons. The van der Waals surface area contributed by atoms with Gasteiger partial charge in [-0.25, -0.2) is 4.79 Å². The molecular formula is C24H28ClNO6. The van der Waals surface area contributed by atoms with E-state index in [1.165, 1.54) is 6.07 Å². The van der Waals surface area contributed by atoms with Gasteiger partial charge in [0.2, 0.25) is 0 Å². The molecule has 0 aliphatic heterocycles. The molecule has 2 aromatic rings. The van der Waals surface area contributed by atoms with Gasteiger partial charge in [-0.1, -0.05) is 23.7 Å². The second kappa shape index (κ2) is 12.9. The highest BCUT2D eigenvalue weighted by Gasteiger charge is 2.22. The van der Waals surface area contributed by atoms with E-state index in [-0.39, 0.29) is 31.5 Å². The predicted molar refractivity (Wildman–Crippen MR) is 120 cm³/mol. The van der Waals surface area contributed by atoms with Crippen LogP contribution in [-0.2, 0) is 20.7 Å². The highest BCUT2D eigenvalue weighted by Crippen LogP contribution is 2.22. The summed E-state index contributed by atoms with van der Waals surface area (Å²) in [5.41, 5.74) is 1.13. The summed E-state index contributed by atoms with van der Waals surface area (Å²) in [5.74, 6) is 0.477. The van der Waals surface area contributed by atoms with Crippen LogP contribution in [-0.4, -0.2) is 49.2 Å². The van der Waals surface area contributed by atoms with Gasteiger partial charge in [0.1, 0.15) is 36.9 Å². The fourth-order valence-electron chi connectivity index (χ4n) is 2.87. The van der Waals surface area contributed by atoms with E-state index >= 15 is 0 Å². The molecule has 2 atom stereocenters. The molecule has 0 aromatic heterocycles. The van der Waals surface area contributed by atoms with Gasteiger partial charge < -0.3 is 24.1 Å². The normalized spacial score (nSPS) is 12.7. The molecule has 0 unspecified atom stereocenters. The van der Waals surface area contributed by atoms with E-state index < -0.39 is 18.2 Å². The van der Waals surface area contributed by atoms with Crippen molar-refractivity contribution in [2.75, 3.05) is 19.8 Å². The van der Waals surface area contributed by atoms with Gasteiger partial charge in [-0.15, -0.1) is 0 Å². The number of ether oxygens (including phenoxy) is 4. The molecule has 2 aromatic carbocycles. The van der Waals surface area contributed by atoms with Crippen molar-refractivity contribution in [1.82, 2.24) is 0 Å². The topological polar surface area (TPSA) is 98.0 Å². The van der Waals surface area contributed by atoms with Gasteiger partial charge in [0.25, 0.3) is 0 Å². The molecule has 0 saturated heterocycles. The molecule has 0 fully saturated rings. The lowest BCUT2D eigenvalue weighted by atomic mass is 10.1. The molecular weight excluding hydrogens is 434 g/mol. The zero-order valence-corrected chi connectivity index (χ0v) is 19.2. The van der Waals surface area contributed by atoms with Crippen LogP contribution < -0.4 is 9.47 Å². The SMILES string of the molecule is CCOC(=O)[C@@H](Cc1cccc(OC[C@@H](O)COc2ccc(Cl)cc2C#N)c1)OC(C)C. The number of nitrogens with zero attached hydrogens (tertiary/aromatic N) is 1. The van der Waals surface area contributed by atoms with E-state index in [0.29, 0.717) is 22.9 Å². The van der Waals surface area contributed by atoms with Crippen LogP contribution in [0, 0.1) is 11.3 Å². The number of aliphatic hydroxyl groups excluding tert-OH is 1. The number of halogens is 1. The quantitative estimate of drug-likeness (QED) is 0.478. The first-order valence-corrected chi connectivity index (χ1v) is 10.7. The highest BCUT2D eigenvalue weighted by atomic mass is 35.5. The van der Waals surface area contributed by atoms with Crippen LogP contribution in [0.4, 0.5) is 0 Å². The first kappa shape index (κ1) is 25.5. The summed E-state index contributed by atoms with van der Waals surface area (Å²) < 4.78 is 22.0. The Kier molecular flexibility index (Phi) is 10.3. The summed E-state index contributed by atoms with van der Waals surface area (Å²) >= 11 is 5.87. The van der Waals surface area contributed by atoms with Crippen molar-refractivity contribution in [3.05, 3.63) is 58.6 Å². The van der Waals surface area contributed by atoms with Gasteiger partial charge in [-0.05, 0) is 56.7 Å². The largest absolute Gasteiger partial charge is 0.491 e. The Morgan fingerprint density at radius 3 is 2.59 bits per heavy atom. The smallest absolute Gasteiger partial charge is 0.335 e. The maximum Gasteiger partial charge on any atom is 0.335 e. The third-order valence-electron chi connectivity index (χ3n) is 4.24. The molecule has 0 bridgehead atoms. The van der Waals surface area contributed by atoms with Gasteiger partial charge in [0.05, 0.1) is 18.3 Å². The zero-order chi connectivity index (χ0) is 23.5. The van der Waals surface area contributed by atoms with Crippen molar-refractivity contribution in [1.29, 1.82) is 5.26 Å². The molecule has 1 N–H and O–H groups in total. The molecule has 0 aliphatic rings. The number of rotatable bonds is 12. The van der Waals surface area contributed by atoms with Crippen LogP contribution in [0.2, 0.25) is 5.02 Å². The third kappa shape index (κ3) is 8.39. The van der Waals surface area contributed by atoms with Crippen molar-refractivity contribution in [3.8, 4) is 17.6 Å². The number of benzene rings is 2. The number of hydrogen-bond acceptors (Lipinski definition) is 7. The van der Waals surface area contributed by atoms with Crippen LogP contribution >= 0.6 is 11.6 Å². The summed E-state index contributed by atoms with van der Waals surface area (Å²) in [4.78, 5) is 12.2. The third-order valence-corrected chi connectivity index (χ3v) is 4.48. The van der Waals surface area contributed by atoms with E-state index in [1.54, 1.807) is 37.3 Å². The summed E-state index contributed by atoms with van der Waals surface area (Å²) in [6, 6.07) is 13.9.